The van der Waals surface area contributed by atoms with Crippen molar-refractivity contribution in [2.45, 2.75) is 51.0 Å². The Morgan fingerprint density at radius 3 is 2.53 bits per heavy atom. The highest BCUT2D eigenvalue weighted by molar-refractivity contribution is 8.13. The summed E-state index contributed by atoms with van der Waals surface area (Å²) < 4.78 is 34.1. The maximum Gasteiger partial charge on any atom is 0.233 e. The topological polar surface area (TPSA) is 52.6 Å². The van der Waals surface area contributed by atoms with Crippen LogP contribution in [-0.2, 0) is 18.5 Å². The van der Waals surface area contributed by atoms with Gasteiger partial charge in [0.1, 0.15) is 0 Å². The molecule has 6 heteroatoms. The van der Waals surface area contributed by atoms with E-state index in [-0.39, 0.29) is 17.3 Å². The Kier molecular flexibility index (Phi) is 5.52. The molecule has 1 aliphatic carbocycles. The van der Waals surface area contributed by atoms with E-state index in [9.17, 15) is 8.42 Å². The SMILES string of the molecule is O=S(=O)(Cl)CC1(COCC2CCCO2)CCCCC1. The highest BCUT2D eigenvalue weighted by Gasteiger charge is 2.36. The molecule has 112 valence electrons. The van der Waals surface area contributed by atoms with Crippen molar-refractivity contribution >= 4 is 19.7 Å². The molecule has 1 aliphatic heterocycles. The van der Waals surface area contributed by atoms with Gasteiger partial charge in [-0.3, -0.25) is 0 Å². The van der Waals surface area contributed by atoms with E-state index in [1.54, 1.807) is 0 Å². The lowest BCUT2D eigenvalue weighted by Crippen LogP contribution is -2.36. The first kappa shape index (κ1) is 15.5. The average molecular weight is 311 g/mol. The number of halogens is 1. The first-order chi connectivity index (χ1) is 8.99. The molecule has 0 radical (unpaired) electrons. The van der Waals surface area contributed by atoms with Crippen molar-refractivity contribution in [1.82, 2.24) is 0 Å². The molecule has 2 aliphatic rings. The van der Waals surface area contributed by atoms with Gasteiger partial charge >= 0.3 is 0 Å². The summed E-state index contributed by atoms with van der Waals surface area (Å²) in [6, 6.07) is 0. The van der Waals surface area contributed by atoms with E-state index in [4.69, 9.17) is 20.2 Å². The Hall–Kier alpha value is 0.160. The van der Waals surface area contributed by atoms with E-state index < -0.39 is 9.05 Å². The van der Waals surface area contributed by atoms with Gasteiger partial charge in [-0.25, -0.2) is 8.42 Å². The van der Waals surface area contributed by atoms with Gasteiger partial charge in [-0.1, -0.05) is 19.3 Å². The summed E-state index contributed by atoms with van der Waals surface area (Å²) in [7, 11) is 1.98. The lowest BCUT2D eigenvalue weighted by molar-refractivity contribution is -0.0219. The molecule has 0 aromatic heterocycles. The van der Waals surface area contributed by atoms with Crippen LogP contribution in [0.4, 0.5) is 0 Å². The Labute approximate surface area is 120 Å². The van der Waals surface area contributed by atoms with Crippen LogP contribution in [0.1, 0.15) is 44.9 Å². The first-order valence-corrected chi connectivity index (χ1v) is 9.59. The van der Waals surface area contributed by atoms with Crippen molar-refractivity contribution < 1.29 is 17.9 Å². The van der Waals surface area contributed by atoms with Crippen LogP contribution in [0.3, 0.4) is 0 Å². The standard InChI is InChI=1S/C13H23ClO4S/c14-19(15,16)11-13(6-2-1-3-7-13)10-17-9-12-5-4-8-18-12/h12H,1-11H2. The molecule has 0 N–H and O–H groups in total. The molecule has 4 nitrogen and oxygen atoms in total. The zero-order chi connectivity index (χ0) is 13.8. The van der Waals surface area contributed by atoms with Crippen LogP contribution in [0.5, 0.6) is 0 Å². The fourth-order valence-electron chi connectivity index (χ4n) is 3.18. The number of ether oxygens (including phenoxy) is 2. The van der Waals surface area contributed by atoms with Crippen LogP contribution < -0.4 is 0 Å². The van der Waals surface area contributed by atoms with Gasteiger partial charge in [-0.2, -0.15) is 0 Å². The van der Waals surface area contributed by atoms with Crippen molar-refractivity contribution in [1.29, 1.82) is 0 Å². The van der Waals surface area contributed by atoms with E-state index in [1.807, 2.05) is 0 Å². The molecule has 1 atom stereocenters. The first-order valence-electron chi connectivity index (χ1n) is 7.11. The Bertz CT molecular complexity index is 370. The van der Waals surface area contributed by atoms with Gasteiger partial charge in [0.05, 0.1) is 25.1 Å². The van der Waals surface area contributed by atoms with Gasteiger partial charge in [0.2, 0.25) is 9.05 Å². The molecule has 2 rings (SSSR count). The molecule has 1 saturated carbocycles. The highest BCUT2D eigenvalue weighted by Crippen LogP contribution is 2.38. The lowest BCUT2D eigenvalue weighted by Gasteiger charge is -2.36. The van der Waals surface area contributed by atoms with E-state index in [0.717, 1.165) is 45.1 Å². The minimum Gasteiger partial charge on any atom is -0.378 e. The zero-order valence-electron chi connectivity index (χ0n) is 11.3. The van der Waals surface area contributed by atoms with Gasteiger partial charge in [0.15, 0.2) is 0 Å². The number of hydrogen-bond donors (Lipinski definition) is 0. The van der Waals surface area contributed by atoms with Gasteiger partial charge in [-0.05, 0) is 25.7 Å². The summed E-state index contributed by atoms with van der Waals surface area (Å²) >= 11 is 0. The molecular formula is C13H23ClO4S. The number of rotatable bonds is 6. The normalized spacial score (nSPS) is 27.5. The zero-order valence-corrected chi connectivity index (χ0v) is 12.8. The third kappa shape index (κ3) is 5.21. The quantitative estimate of drug-likeness (QED) is 0.708. The van der Waals surface area contributed by atoms with Crippen LogP contribution in [0, 0.1) is 5.41 Å². The Morgan fingerprint density at radius 1 is 1.21 bits per heavy atom. The molecule has 0 bridgehead atoms. The molecule has 0 aromatic rings. The Balaban J connectivity index is 1.85. The predicted octanol–water partition coefficient (Wildman–Crippen LogP) is 2.70. The largest absolute Gasteiger partial charge is 0.378 e. The molecule has 1 heterocycles. The van der Waals surface area contributed by atoms with Gasteiger partial charge < -0.3 is 9.47 Å². The van der Waals surface area contributed by atoms with Crippen molar-refractivity contribution in [3.8, 4) is 0 Å². The van der Waals surface area contributed by atoms with Crippen LogP contribution in [-0.4, -0.2) is 40.1 Å². The van der Waals surface area contributed by atoms with Crippen molar-refractivity contribution in [3.63, 3.8) is 0 Å². The van der Waals surface area contributed by atoms with Crippen LogP contribution in [0.15, 0.2) is 0 Å². The third-order valence-electron chi connectivity index (χ3n) is 4.13. The molecular weight excluding hydrogens is 288 g/mol. The van der Waals surface area contributed by atoms with Gasteiger partial charge in [0, 0.05) is 22.7 Å². The second kappa shape index (κ2) is 6.74. The molecule has 0 aromatic carbocycles. The summed E-state index contributed by atoms with van der Waals surface area (Å²) in [5.74, 6) is 0.0348. The van der Waals surface area contributed by atoms with Gasteiger partial charge in [0.25, 0.3) is 0 Å². The Morgan fingerprint density at radius 2 is 1.95 bits per heavy atom. The highest BCUT2D eigenvalue weighted by atomic mass is 35.7. The van der Waals surface area contributed by atoms with E-state index in [1.165, 1.54) is 6.42 Å². The fraction of sp³-hybridized carbons (Fsp3) is 1.00. The summed E-state index contributed by atoms with van der Waals surface area (Å²) in [4.78, 5) is 0. The van der Waals surface area contributed by atoms with E-state index >= 15 is 0 Å². The maximum atomic E-state index is 11.4. The summed E-state index contributed by atoms with van der Waals surface area (Å²) in [5, 5.41) is 0. The van der Waals surface area contributed by atoms with Crippen LogP contribution in [0.2, 0.25) is 0 Å². The van der Waals surface area contributed by atoms with Crippen molar-refractivity contribution in [2.24, 2.45) is 5.41 Å². The monoisotopic (exact) mass is 310 g/mol. The second-order valence-corrected chi connectivity index (χ2v) is 8.67. The molecule has 0 amide bonds. The van der Waals surface area contributed by atoms with Crippen LogP contribution >= 0.6 is 10.7 Å². The lowest BCUT2D eigenvalue weighted by atomic mass is 9.76. The smallest absolute Gasteiger partial charge is 0.233 e. The summed E-state index contributed by atoms with van der Waals surface area (Å²) in [5.41, 5.74) is -0.280. The molecule has 1 unspecified atom stereocenters. The maximum absolute atomic E-state index is 11.4. The van der Waals surface area contributed by atoms with Gasteiger partial charge in [-0.15, -0.1) is 0 Å². The molecule has 2 fully saturated rings. The molecule has 0 spiro atoms. The van der Waals surface area contributed by atoms with E-state index in [2.05, 4.69) is 0 Å². The molecule has 1 saturated heterocycles. The second-order valence-electron chi connectivity index (χ2n) is 5.89. The van der Waals surface area contributed by atoms with Crippen LogP contribution in [0.25, 0.3) is 0 Å². The molecule has 19 heavy (non-hydrogen) atoms. The average Bonchev–Trinajstić information content (AvgIpc) is 2.81. The third-order valence-corrected chi connectivity index (χ3v) is 5.41. The number of hydrogen-bond acceptors (Lipinski definition) is 4. The van der Waals surface area contributed by atoms with Crippen molar-refractivity contribution in [3.05, 3.63) is 0 Å². The van der Waals surface area contributed by atoms with E-state index in [0.29, 0.717) is 13.2 Å². The minimum atomic E-state index is -3.47. The predicted molar refractivity (Wildman–Crippen MR) is 75.0 cm³/mol. The fourth-order valence-corrected chi connectivity index (χ4v) is 4.98. The van der Waals surface area contributed by atoms with Crippen molar-refractivity contribution in [2.75, 3.05) is 25.6 Å². The summed E-state index contributed by atoms with van der Waals surface area (Å²) in [6.07, 6.45) is 7.42. The minimum absolute atomic E-state index is 0.0348. The summed E-state index contributed by atoms with van der Waals surface area (Å²) in [6.45, 7) is 1.87.